The number of hydrogen-bond acceptors (Lipinski definition) is 6. The minimum absolute atomic E-state index is 0.0966. The molecule has 1 heterocycles. The Bertz CT molecular complexity index is 1160. The van der Waals surface area contributed by atoms with Crippen molar-refractivity contribution in [1.82, 2.24) is 20.4 Å². The maximum Gasteiger partial charge on any atom is 0.360 e. The highest BCUT2D eigenvalue weighted by Gasteiger charge is 2.24. The third kappa shape index (κ3) is 4.52. The molecular weight excluding hydrogens is 388 g/mol. The van der Waals surface area contributed by atoms with Gasteiger partial charge in [-0.25, -0.2) is 14.3 Å². The lowest BCUT2D eigenvalue weighted by molar-refractivity contribution is -0.127. The van der Waals surface area contributed by atoms with Crippen LogP contribution >= 0.6 is 0 Å². The summed E-state index contributed by atoms with van der Waals surface area (Å²) in [5.41, 5.74) is 0.386. The second-order valence-corrected chi connectivity index (χ2v) is 6.46. The number of hydrogen-bond donors (Lipinski definition) is 2. The second-order valence-electron chi connectivity index (χ2n) is 6.46. The summed E-state index contributed by atoms with van der Waals surface area (Å²) in [5.74, 6) is -1.67. The van der Waals surface area contributed by atoms with E-state index in [-0.39, 0.29) is 17.8 Å². The van der Waals surface area contributed by atoms with Gasteiger partial charge >= 0.3 is 12.0 Å². The molecule has 2 N–H and O–H groups in total. The van der Waals surface area contributed by atoms with Gasteiger partial charge in [0, 0.05) is 12.4 Å². The molecule has 154 valence electrons. The molecule has 0 saturated carbocycles. The van der Waals surface area contributed by atoms with E-state index in [1.807, 2.05) is 35.6 Å². The predicted octanol–water partition coefficient (Wildman–Crippen LogP) is 1.45. The zero-order valence-corrected chi connectivity index (χ0v) is 16.4. The van der Waals surface area contributed by atoms with Gasteiger partial charge in [-0.3, -0.25) is 14.9 Å². The van der Waals surface area contributed by atoms with E-state index >= 15 is 0 Å². The molecule has 0 unspecified atom stereocenters. The summed E-state index contributed by atoms with van der Waals surface area (Å²) in [6, 6.07) is 15.0. The first-order chi connectivity index (χ1) is 14.4. The molecule has 0 spiro atoms. The molecule has 0 radical (unpaired) electrons. The van der Waals surface area contributed by atoms with E-state index in [0.29, 0.717) is 10.8 Å². The second kappa shape index (κ2) is 8.99. The Morgan fingerprint density at radius 2 is 1.67 bits per heavy atom. The molecule has 0 fully saturated rings. The SMILES string of the molecule is CNC(=O)NC(=O)[C@H](C)OC(=O)c1nn(Cc2ccccc2)c(=O)c2ccccc12. The summed E-state index contributed by atoms with van der Waals surface area (Å²) in [6.07, 6.45) is -1.25. The Morgan fingerprint density at radius 3 is 2.33 bits per heavy atom. The van der Waals surface area contributed by atoms with Crippen molar-refractivity contribution in [2.45, 2.75) is 19.6 Å². The molecule has 9 heteroatoms. The minimum Gasteiger partial charge on any atom is -0.448 e. The van der Waals surface area contributed by atoms with Gasteiger partial charge in [0.1, 0.15) is 0 Å². The monoisotopic (exact) mass is 408 g/mol. The van der Waals surface area contributed by atoms with Crippen LogP contribution in [0.2, 0.25) is 0 Å². The van der Waals surface area contributed by atoms with Crippen molar-refractivity contribution >= 4 is 28.7 Å². The van der Waals surface area contributed by atoms with Gasteiger partial charge in [0.25, 0.3) is 11.5 Å². The normalized spacial score (nSPS) is 11.5. The standard InChI is InChI=1S/C21H20N4O5/c1-13(18(26)23-21(29)22-2)30-20(28)17-15-10-6-7-11-16(15)19(27)25(24-17)12-14-8-4-3-5-9-14/h3-11,13H,12H2,1-2H3,(H2,22,23,26,29)/t13-/m0/s1. The Morgan fingerprint density at radius 1 is 1.03 bits per heavy atom. The van der Waals surface area contributed by atoms with Gasteiger partial charge in [0.15, 0.2) is 11.8 Å². The van der Waals surface area contributed by atoms with E-state index in [1.54, 1.807) is 24.3 Å². The van der Waals surface area contributed by atoms with Crippen LogP contribution in [0.25, 0.3) is 10.8 Å². The first-order valence-corrected chi connectivity index (χ1v) is 9.18. The van der Waals surface area contributed by atoms with Crippen LogP contribution in [0.1, 0.15) is 23.0 Å². The molecule has 3 rings (SSSR count). The number of amides is 3. The van der Waals surface area contributed by atoms with E-state index in [4.69, 9.17) is 4.74 Å². The number of rotatable bonds is 5. The van der Waals surface area contributed by atoms with Crippen LogP contribution in [0, 0.1) is 0 Å². The largest absolute Gasteiger partial charge is 0.448 e. The number of esters is 1. The Labute approximate surface area is 171 Å². The molecule has 0 aliphatic heterocycles. The summed E-state index contributed by atoms with van der Waals surface area (Å²) >= 11 is 0. The number of ether oxygens (including phenoxy) is 1. The molecule has 2 aromatic carbocycles. The topological polar surface area (TPSA) is 119 Å². The van der Waals surface area contributed by atoms with E-state index < -0.39 is 24.0 Å². The molecule has 0 aliphatic carbocycles. The Balaban J connectivity index is 1.95. The van der Waals surface area contributed by atoms with E-state index in [0.717, 1.165) is 5.56 Å². The number of aromatic nitrogens is 2. The summed E-state index contributed by atoms with van der Waals surface area (Å²) in [5, 5.41) is 9.09. The summed E-state index contributed by atoms with van der Waals surface area (Å²) in [7, 11) is 1.35. The maximum atomic E-state index is 12.8. The van der Waals surface area contributed by atoms with Gasteiger partial charge in [-0.05, 0) is 18.6 Å². The highest BCUT2D eigenvalue weighted by Crippen LogP contribution is 2.15. The predicted molar refractivity (Wildman–Crippen MR) is 109 cm³/mol. The van der Waals surface area contributed by atoms with Gasteiger partial charge < -0.3 is 10.1 Å². The lowest BCUT2D eigenvalue weighted by atomic mass is 10.1. The van der Waals surface area contributed by atoms with Crippen molar-refractivity contribution in [3.63, 3.8) is 0 Å². The van der Waals surface area contributed by atoms with E-state index in [2.05, 4.69) is 10.4 Å². The van der Waals surface area contributed by atoms with Gasteiger partial charge in [-0.2, -0.15) is 5.10 Å². The number of nitrogens with one attached hydrogen (secondary N) is 2. The molecule has 0 aliphatic rings. The van der Waals surface area contributed by atoms with Gasteiger partial charge in [0.2, 0.25) is 0 Å². The Hall–Kier alpha value is -4.01. The van der Waals surface area contributed by atoms with Crippen LogP contribution in [0.5, 0.6) is 0 Å². The number of nitrogens with zero attached hydrogens (tertiary/aromatic N) is 2. The molecule has 3 amide bonds. The minimum atomic E-state index is -1.25. The number of urea groups is 1. The van der Waals surface area contributed by atoms with Crippen molar-refractivity contribution in [3.05, 3.63) is 76.2 Å². The molecule has 1 aromatic heterocycles. The first-order valence-electron chi connectivity index (χ1n) is 9.18. The van der Waals surface area contributed by atoms with Gasteiger partial charge in [0.05, 0.1) is 11.9 Å². The van der Waals surface area contributed by atoms with Crippen LogP contribution in [0.15, 0.2) is 59.4 Å². The number of carbonyl (C=O) groups is 3. The summed E-state index contributed by atoms with van der Waals surface area (Å²) in [6.45, 7) is 1.50. The fourth-order valence-electron chi connectivity index (χ4n) is 2.80. The Kier molecular flexibility index (Phi) is 6.21. The number of benzene rings is 2. The van der Waals surface area contributed by atoms with Crippen LogP contribution in [0.3, 0.4) is 0 Å². The fraction of sp³-hybridized carbons (Fsp3) is 0.190. The third-order valence-electron chi connectivity index (χ3n) is 4.35. The molecule has 30 heavy (non-hydrogen) atoms. The average molecular weight is 408 g/mol. The van der Waals surface area contributed by atoms with Crippen LogP contribution in [-0.2, 0) is 16.1 Å². The van der Waals surface area contributed by atoms with Crippen molar-refractivity contribution in [3.8, 4) is 0 Å². The van der Waals surface area contributed by atoms with Crippen molar-refractivity contribution < 1.29 is 19.1 Å². The molecule has 1 atom stereocenters. The van der Waals surface area contributed by atoms with Crippen LogP contribution < -0.4 is 16.2 Å². The highest BCUT2D eigenvalue weighted by molar-refractivity contribution is 6.03. The molecule has 0 bridgehead atoms. The maximum absolute atomic E-state index is 12.8. The van der Waals surface area contributed by atoms with Crippen molar-refractivity contribution in [2.24, 2.45) is 0 Å². The van der Waals surface area contributed by atoms with Gasteiger partial charge in [-0.1, -0.05) is 48.5 Å². The summed E-state index contributed by atoms with van der Waals surface area (Å²) in [4.78, 5) is 48.9. The average Bonchev–Trinajstić information content (AvgIpc) is 2.76. The zero-order chi connectivity index (χ0) is 21.7. The molecular formula is C21H20N4O5. The zero-order valence-electron chi connectivity index (χ0n) is 16.4. The van der Waals surface area contributed by atoms with Crippen LogP contribution in [-0.4, -0.2) is 40.8 Å². The van der Waals surface area contributed by atoms with Crippen molar-refractivity contribution in [1.29, 1.82) is 0 Å². The molecule has 3 aromatic rings. The lowest BCUT2D eigenvalue weighted by Crippen LogP contribution is -2.43. The molecule has 9 nitrogen and oxygen atoms in total. The highest BCUT2D eigenvalue weighted by atomic mass is 16.5. The number of carbonyl (C=O) groups excluding carboxylic acids is 3. The smallest absolute Gasteiger partial charge is 0.360 e. The van der Waals surface area contributed by atoms with Crippen molar-refractivity contribution in [2.75, 3.05) is 7.05 Å². The van der Waals surface area contributed by atoms with Crippen LogP contribution in [0.4, 0.5) is 4.79 Å². The van der Waals surface area contributed by atoms with E-state index in [1.165, 1.54) is 18.7 Å². The number of fused-ring (bicyclic) bond motifs is 1. The first kappa shape index (κ1) is 20.7. The number of imide groups is 1. The fourth-order valence-corrected chi connectivity index (χ4v) is 2.80. The van der Waals surface area contributed by atoms with Gasteiger partial charge in [-0.15, -0.1) is 0 Å². The quantitative estimate of drug-likeness (QED) is 0.617. The van der Waals surface area contributed by atoms with E-state index in [9.17, 15) is 19.2 Å². The summed E-state index contributed by atoms with van der Waals surface area (Å²) < 4.78 is 6.37. The lowest BCUT2D eigenvalue weighted by Gasteiger charge is -2.14. The third-order valence-corrected chi connectivity index (χ3v) is 4.35. The molecule has 0 saturated heterocycles.